The van der Waals surface area contributed by atoms with E-state index in [1.807, 2.05) is 23.7 Å². The SMILES string of the molecule is CCC(NCc1ccc(OC)cc1)c1nccs1. The van der Waals surface area contributed by atoms with Crippen molar-refractivity contribution >= 4 is 11.3 Å². The molecule has 18 heavy (non-hydrogen) atoms. The highest BCUT2D eigenvalue weighted by Gasteiger charge is 2.10. The third-order valence-electron chi connectivity index (χ3n) is 2.87. The Morgan fingerprint density at radius 2 is 2.11 bits per heavy atom. The van der Waals surface area contributed by atoms with Gasteiger partial charge in [0.2, 0.25) is 0 Å². The Labute approximate surface area is 112 Å². The number of nitrogens with one attached hydrogen (secondary N) is 1. The maximum atomic E-state index is 5.15. The minimum Gasteiger partial charge on any atom is -0.497 e. The van der Waals surface area contributed by atoms with Crippen molar-refractivity contribution in [2.75, 3.05) is 7.11 Å². The molecular weight excluding hydrogens is 244 g/mol. The van der Waals surface area contributed by atoms with Gasteiger partial charge in [-0.1, -0.05) is 19.1 Å². The fourth-order valence-corrected chi connectivity index (χ4v) is 2.59. The van der Waals surface area contributed by atoms with Gasteiger partial charge in [0, 0.05) is 18.1 Å². The van der Waals surface area contributed by atoms with Gasteiger partial charge in [0.05, 0.1) is 13.2 Å². The smallest absolute Gasteiger partial charge is 0.118 e. The molecule has 0 aliphatic rings. The highest BCUT2D eigenvalue weighted by atomic mass is 32.1. The topological polar surface area (TPSA) is 34.1 Å². The Bertz CT molecular complexity index is 453. The van der Waals surface area contributed by atoms with E-state index in [2.05, 4.69) is 29.4 Å². The molecule has 1 heterocycles. The van der Waals surface area contributed by atoms with Crippen LogP contribution in [0.4, 0.5) is 0 Å². The van der Waals surface area contributed by atoms with Gasteiger partial charge in [-0.05, 0) is 24.1 Å². The van der Waals surface area contributed by atoms with Crippen LogP contribution in [0.25, 0.3) is 0 Å². The van der Waals surface area contributed by atoms with Crippen LogP contribution >= 0.6 is 11.3 Å². The molecule has 0 aliphatic heterocycles. The van der Waals surface area contributed by atoms with Crippen molar-refractivity contribution in [1.29, 1.82) is 0 Å². The number of rotatable bonds is 6. The molecular formula is C14H18N2OS. The van der Waals surface area contributed by atoms with Crippen molar-refractivity contribution < 1.29 is 4.74 Å². The van der Waals surface area contributed by atoms with E-state index in [9.17, 15) is 0 Å². The van der Waals surface area contributed by atoms with Gasteiger partial charge in [0.25, 0.3) is 0 Å². The summed E-state index contributed by atoms with van der Waals surface area (Å²) in [6.45, 7) is 3.02. The number of ether oxygens (including phenoxy) is 1. The summed E-state index contributed by atoms with van der Waals surface area (Å²) in [5, 5.41) is 6.71. The van der Waals surface area contributed by atoms with Gasteiger partial charge in [-0.3, -0.25) is 0 Å². The lowest BCUT2D eigenvalue weighted by Gasteiger charge is -2.14. The fourth-order valence-electron chi connectivity index (χ4n) is 1.80. The molecule has 1 aromatic heterocycles. The second kappa shape index (κ2) is 6.52. The normalized spacial score (nSPS) is 12.3. The van der Waals surface area contributed by atoms with E-state index in [4.69, 9.17) is 4.74 Å². The van der Waals surface area contributed by atoms with Gasteiger partial charge >= 0.3 is 0 Å². The standard InChI is InChI=1S/C14H18N2OS/c1-3-13(14-15-8-9-18-14)16-10-11-4-6-12(17-2)7-5-11/h4-9,13,16H,3,10H2,1-2H3. The van der Waals surface area contributed by atoms with Crippen LogP contribution in [0.5, 0.6) is 5.75 Å². The molecule has 0 fully saturated rings. The number of methoxy groups -OCH3 is 1. The molecule has 0 amide bonds. The molecule has 1 unspecified atom stereocenters. The molecule has 0 saturated heterocycles. The lowest BCUT2D eigenvalue weighted by Crippen LogP contribution is -2.20. The van der Waals surface area contributed by atoms with Gasteiger partial charge in [-0.15, -0.1) is 11.3 Å². The first-order valence-electron chi connectivity index (χ1n) is 6.09. The van der Waals surface area contributed by atoms with Crippen LogP contribution in [-0.2, 0) is 6.54 Å². The quantitative estimate of drug-likeness (QED) is 0.866. The van der Waals surface area contributed by atoms with E-state index in [0.717, 1.165) is 23.7 Å². The number of thiazole rings is 1. The van der Waals surface area contributed by atoms with Crippen LogP contribution in [0, 0.1) is 0 Å². The summed E-state index contributed by atoms with van der Waals surface area (Å²) in [5.41, 5.74) is 1.26. The summed E-state index contributed by atoms with van der Waals surface area (Å²) < 4.78 is 5.15. The zero-order valence-corrected chi connectivity index (χ0v) is 11.5. The predicted molar refractivity (Wildman–Crippen MR) is 75.0 cm³/mol. The fraction of sp³-hybridized carbons (Fsp3) is 0.357. The van der Waals surface area contributed by atoms with Crippen molar-refractivity contribution in [3.63, 3.8) is 0 Å². The van der Waals surface area contributed by atoms with Crippen LogP contribution in [0.3, 0.4) is 0 Å². The van der Waals surface area contributed by atoms with Crippen molar-refractivity contribution in [2.24, 2.45) is 0 Å². The second-order valence-corrected chi connectivity index (χ2v) is 4.99. The van der Waals surface area contributed by atoms with Gasteiger partial charge in [0.15, 0.2) is 0 Å². The number of benzene rings is 1. The molecule has 1 N–H and O–H groups in total. The first-order chi connectivity index (χ1) is 8.83. The molecule has 96 valence electrons. The van der Waals surface area contributed by atoms with Crippen LogP contribution in [0.2, 0.25) is 0 Å². The molecule has 1 aromatic carbocycles. The minimum absolute atomic E-state index is 0.340. The molecule has 0 spiro atoms. The van der Waals surface area contributed by atoms with Gasteiger partial charge in [0.1, 0.15) is 10.8 Å². The van der Waals surface area contributed by atoms with Crippen LogP contribution in [0.15, 0.2) is 35.8 Å². The summed E-state index contributed by atoms with van der Waals surface area (Å²) in [4.78, 5) is 4.36. The summed E-state index contributed by atoms with van der Waals surface area (Å²) in [6.07, 6.45) is 2.90. The van der Waals surface area contributed by atoms with E-state index < -0.39 is 0 Å². The van der Waals surface area contributed by atoms with Crippen LogP contribution in [0.1, 0.15) is 30.0 Å². The van der Waals surface area contributed by atoms with E-state index in [1.54, 1.807) is 18.4 Å². The lowest BCUT2D eigenvalue weighted by molar-refractivity contribution is 0.414. The maximum Gasteiger partial charge on any atom is 0.118 e. The molecule has 0 radical (unpaired) electrons. The molecule has 0 aliphatic carbocycles. The van der Waals surface area contributed by atoms with Crippen molar-refractivity contribution in [2.45, 2.75) is 25.9 Å². The molecule has 0 bridgehead atoms. The van der Waals surface area contributed by atoms with Crippen molar-refractivity contribution in [3.05, 3.63) is 46.4 Å². The van der Waals surface area contributed by atoms with E-state index in [1.165, 1.54) is 5.56 Å². The van der Waals surface area contributed by atoms with Gasteiger partial charge < -0.3 is 10.1 Å². The third kappa shape index (κ3) is 3.31. The summed E-state index contributed by atoms with van der Waals surface area (Å²) in [6, 6.07) is 8.48. The minimum atomic E-state index is 0.340. The molecule has 0 saturated carbocycles. The summed E-state index contributed by atoms with van der Waals surface area (Å²) in [7, 11) is 1.68. The van der Waals surface area contributed by atoms with Crippen LogP contribution in [-0.4, -0.2) is 12.1 Å². The third-order valence-corrected chi connectivity index (χ3v) is 3.76. The highest BCUT2D eigenvalue weighted by Crippen LogP contribution is 2.19. The molecule has 2 rings (SSSR count). The molecule has 4 heteroatoms. The van der Waals surface area contributed by atoms with Crippen LogP contribution < -0.4 is 10.1 Å². The highest BCUT2D eigenvalue weighted by molar-refractivity contribution is 7.09. The summed E-state index contributed by atoms with van der Waals surface area (Å²) >= 11 is 1.70. The largest absolute Gasteiger partial charge is 0.497 e. The number of hydrogen-bond acceptors (Lipinski definition) is 4. The Morgan fingerprint density at radius 3 is 2.67 bits per heavy atom. The lowest BCUT2D eigenvalue weighted by atomic mass is 10.2. The van der Waals surface area contributed by atoms with E-state index >= 15 is 0 Å². The molecule has 3 nitrogen and oxygen atoms in total. The Balaban J connectivity index is 1.93. The van der Waals surface area contributed by atoms with Crippen molar-refractivity contribution in [3.8, 4) is 5.75 Å². The Kier molecular flexibility index (Phi) is 4.73. The number of hydrogen-bond donors (Lipinski definition) is 1. The predicted octanol–water partition coefficient (Wildman–Crippen LogP) is 3.39. The Morgan fingerprint density at radius 1 is 1.33 bits per heavy atom. The van der Waals surface area contributed by atoms with Crippen molar-refractivity contribution in [1.82, 2.24) is 10.3 Å². The zero-order chi connectivity index (χ0) is 12.8. The zero-order valence-electron chi connectivity index (χ0n) is 10.7. The maximum absolute atomic E-state index is 5.15. The number of aromatic nitrogens is 1. The second-order valence-electron chi connectivity index (χ2n) is 4.06. The van der Waals surface area contributed by atoms with E-state index in [-0.39, 0.29) is 0 Å². The average Bonchev–Trinajstić information content (AvgIpc) is 2.94. The number of nitrogens with zero attached hydrogens (tertiary/aromatic N) is 1. The first-order valence-corrected chi connectivity index (χ1v) is 6.97. The first kappa shape index (κ1) is 13.1. The summed E-state index contributed by atoms with van der Waals surface area (Å²) in [5.74, 6) is 0.894. The van der Waals surface area contributed by atoms with Gasteiger partial charge in [-0.2, -0.15) is 0 Å². The average molecular weight is 262 g/mol. The van der Waals surface area contributed by atoms with E-state index in [0.29, 0.717) is 6.04 Å². The van der Waals surface area contributed by atoms with Gasteiger partial charge in [-0.25, -0.2) is 4.98 Å². The molecule has 1 atom stereocenters. The Hall–Kier alpha value is -1.39. The molecule has 2 aromatic rings. The monoisotopic (exact) mass is 262 g/mol.